The first-order valence-corrected chi connectivity index (χ1v) is 12.1. The molecule has 36 heavy (non-hydrogen) atoms. The molecule has 0 radical (unpaired) electrons. The van der Waals surface area contributed by atoms with Crippen molar-refractivity contribution in [3.63, 3.8) is 0 Å². The summed E-state index contributed by atoms with van der Waals surface area (Å²) in [5.74, 6) is 0.304. The van der Waals surface area contributed by atoms with Crippen molar-refractivity contribution < 1.29 is 24.1 Å². The van der Waals surface area contributed by atoms with E-state index in [2.05, 4.69) is 26.8 Å². The molecule has 1 aliphatic rings. The number of rotatable bonds is 8. The quantitative estimate of drug-likeness (QED) is 0.422. The van der Waals surface area contributed by atoms with Gasteiger partial charge in [-0.05, 0) is 47.2 Å². The van der Waals surface area contributed by atoms with Crippen molar-refractivity contribution in [2.75, 3.05) is 27.4 Å². The number of benzene rings is 2. The fourth-order valence-corrected chi connectivity index (χ4v) is 4.74. The second-order valence-electron chi connectivity index (χ2n) is 10.2. The van der Waals surface area contributed by atoms with Gasteiger partial charge in [0.2, 0.25) is 0 Å². The maximum absolute atomic E-state index is 12.7. The molecular weight excluding hydrogens is 458 g/mol. The summed E-state index contributed by atoms with van der Waals surface area (Å²) in [6.45, 7) is 7.49. The lowest BCUT2D eigenvalue weighted by Crippen LogP contribution is -2.32. The summed E-state index contributed by atoms with van der Waals surface area (Å²) in [5, 5.41) is 9.60. The molecule has 4 rings (SSSR count). The van der Waals surface area contributed by atoms with Crippen molar-refractivity contribution >= 4 is 5.97 Å². The summed E-state index contributed by atoms with van der Waals surface area (Å²) in [6.07, 6.45) is 2.95. The van der Waals surface area contributed by atoms with Crippen LogP contribution in [0.15, 0.2) is 53.5 Å². The molecule has 7 nitrogen and oxygen atoms in total. The van der Waals surface area contributed by atoms with Crippen LogP contribution >= 0.6 is 0 Å². The maximum Gasteiger partial charge on any atom is 0.341 e. The van der Waals surface area contributed by atoms with E-state index in [4.69, 9.17) is 14.2 Å². The van der Waals surface area contributed by atoms with Gasteiger partial charge in [0.25, 0.3) is 0 Å². The number of aromatic nitrogens is 1. The number of hydrogen-bond donors (Lipinski definition) is 1. The second-order valence-corrected chi connectivity index (χ2v) is 10.2. The third-order valence-electron chi connectivity index (χ3n) is 6.69. The Hall–Kier alpha value is -3.58. The SMILES string of the molecule is COCCCOc1cc2c(cc1-c1ccc(OC)cc1)-c1cc(=O)c(C(=O)O)cn1C(C(C)(C)C)C2. The van der Waals surface area contributed by atoms with Gasteiger partial charge < -0.3 is 23.9 Å². The molecule has 2 aromatic carbocycles. The number of methoxy groups -OCH3 is 2. The van der Waals surface area contributed by atoms with E-state index in [0.717, 1.165) is 40.2 Å². The molecule has 0 aliphatic carbocycles. The number of hydrogen-bond acceptors (Lipinski definition) is 5. The van der Waals surface area contributed by atoms with E-state index in [9.17, 15) is 14.7 Å². The van der Waals surface area contributed by atoms with Crippen LogP contribution in [0.2, 0.25) is 0 Å². The monoisotopic (exact) mass is 491 g/mol. The van der Waals surface area contributed by atoms with E-state index >= 15 is 0 Å². The van der Waals surface area contributed by atoms with Crippen LogP contribution < -0.4 is 14.9 Å². The molecule has 0 spiro atoms. The number of carbonyl (C=O) groups is 1. The molecule has 1 aromatic heterocycles. The Kier molecular flexibility index (Phi) is 7.22. The highest BCUT2D eigenvalue weighted by Gasteiger charge is 2.34. The van der Waals surface area contributed by atoms with Crippen molar-refractivity contribution in [1.82, 2.24) is 4.57 Å². The molecule has 0 bridgehead atoms. The number of carboxylic acids is 1. The summed E-state index contributed by atoms with van der Waals surface area (Å²) >= 11 is 0. The van der Waals surface area contributed by atoms with Crippen molar-refractivity contribution in [2.24, 2.45) is 5.41 Å². The smallest absolute Gasteiger partial charge is 0.341 e. The molecule has 0 saturated carbocycles. The molecular formula is C29H33NO6. The first kappa shape index (κ1) is 25.5. The Morgan fingerprint density at radius 2 is 1.78 bits per heavy atom. The van der Waals surface area contributed by atoms with Gasteiger partial charge in [-0.3, -0.25) is 4.79 Å². The van der Waals surface area contributed by atoms with Crippen LogP contribution in [0.3, 0.4) is 0 Å². The molecule has 1 atom stereocenters. The molecule has 2 heterocycles. The topological polar surface area (TPSA) is 87.0 Å². The summed E-state index contributed by atoms with van der Waals surface area (Å²) in [5.41, 5.74) is 3.64. The summed E-state index contributed by atoms with van der Waals surface area (Å²) in [7, 11) is 3.30. The van der Waals surface area contributed by atoms with Crippen LogP contribution in [0.25, 0.3) is 22.4 Å². The van der Waals surface area contributed by atoms with E-state index < -0.39 is 11.4 Å². The third-order valence-corrected chi connectivity index (χ3v) is 6.69. The van der Waals surface area contributed by atoms with Crippen LogP contribution in [0, 0.1) is 5.41 Å². The lowest BCUT2D eigenvalue weighted by Gasteiger charge is -2.39. The van der Waals surface area contributed by atoms with Gasteiger partial charge in [-0.1, -0.05) is 32.9 Å². The minimum absolute atomic E-state index is 0.0353. The Morgan fingerprint density at radius 1 is 1.06 bits per heavy atom. The molecule has 1 unspecified atom stereocenters. The first-order valence-electron chi connectivity index (χ1n) is 12.1. The fraction of sp³-hybridized carbons (Fsp3) is 0.379. The Labute approximate surface area is 211 Å². The predicted molar refractivity (Wildman–Crippen MR) is 139 cm³/mol. The van der Waals surface area contributed by atoms with E-state index in [-0.39, 0.29) is 17.0 Å². The van der Waals surface area contributed by atoms with Crippen LogP contribution in [-0.2, 0) is 11.2 Å². The van der Waals surface area contributed by atoms with Crippen LogP contribution in [0.1, 0.15) is 49.2 Å². The molecule has 0 fully saturated rings. The lowest BCUT2D eigenvalue weighted by molar-refractivity contribution is 0.0693. The van der Waals surface area contributed by atoms with Crippen molar-refractivity contribution in [1.29, 1.82) is 0 Å². The van der Waals surface area contributed by atoms with Gasteiger partial charge in [0, 0.05) is 49.6 Å². The van der Waals surface area contributed by atoms with Crippen LogP contribution in [-0.4, -0.2) is 43.1 Å². The number of fused-ring (bicyclic) bond motifs is 3. The molecule has 190 valence electrons. The number of aromatic carboxylic acids is 1. The van der Waals surface area contributed by atoms with Gasteiger partial charge in [-0.25, -0.2) is 4.79 Å². The number of ether oxygens (including phenoxy) is 3. The largest absolute Gasteiger partial charge is 0.497 e. The second kappa shape index (κ2) is 10.2. The van der Waals surface area contributed by atoms with Crippen molar-refractivity contribution in [2.45, 2.75) is 39.7 Å². The summed E-state index contributed by atoms with van der Waals surface area (Å²) < 4.78 is 18.7. The van der Waals surface area contributed by atoms with Crippen molar-refractivity contribution in [3.8, 4) is 33.9 Å². The van der Waals surface area contributed by atoms with E-state index in [1.54, 1.807) is 14.2 Å². The lowest BCUT2D eigenvalue weighted by atomic mass is 9.78. The minimum atomic E-state index is -1.22. The van der Waals surface area contributed by atoms with Crippen LogP contribution in [0.5, 0.6) is 11.5 Å². The Balaban J connectivity index is 1.91. The highest BCUT2D eigenvalue weighted by atomic mass is 16.5. The van der Waals surface area contributed by atoms with Gasteiger partial charge in [-0.15, -0.1) is 0 Å². The van der Waals surface area contributed by atoms with E-state index in [0.29, 0.717) is 25.3 Å². The first-order chi connectivity index (χ1) is 17.1. The average Bonchev–Trinajstić information content (AvgIpc) is 2.84. The Bertz CT molecular complexity index is 1320. The fourth-order valence-electron chi connectivity index (χ4n) is 4.74. The van der Waals surface area contributed by atoms with Gasteiger partial charge in [0.1, 0.15) is 17.1 Å². The van der Waals surface area contributed by atoms with Gasteiger partial charge in [0.05, 0.1) is 19.4 Å². The number of pyridine rings is 1. The summed E-state index contributed by atoms with van der Waals surface area (Å²) in [6, 6.07) is 13.3. The van der Waals surface area contributed by atoms with Gasteiger partial charge in [-0.2, -0.15) is 0 Å². The van der Waals surface area contributed by atoms with Gasteiger partial charge in [0.15, 0.2) is 5.43 Å². The molecule has 0 saturated heterocycles. The van der Waals surface area contributed by atoms with Gasteiger partial charge >= 0.3 is 5.97 Å². The molecule has 0 amide bonds. The van der Waals surface area contributed by atoms with E-state index in [1.165, 1.54) is 12.3 Å². The molecule has 1 N–H and O–H groups in total. The van der Waals surface area contributed by atoms with Crippen LogP contribution in [0.4, 0.5) is 0 Å². The third kappa shape index (κ3) is 5.02. The minimum Gasteiger partial charge on any atom is -0.497 e. The van der Waals surface area contributed by atoms with Crippen molar-refractivity contribution in [3.05, 3.63) is 70.0 Å². The average molecular weight is 492 g/mol. The summed E-state index contributed by atoms with van der Waals surface area (Å²) in [4.78, 5) is 24.5. The molecule has 7 heteroatoms. The highest BCUT2D eigenvalue weighted by Crippen LogP contribution is 2.46. The Morgan fingerprint density at radius 3 is 2.39 bits per heavy atom. The molecule has 1 aliphatic heterocycles. The number of nitrogens with zero attached hydrogens (tertiary/aromatic N) is 1. The zero-order valence-electron chi connectivity index (χ0n) is 21.5. The number of carboxylic acid groups (broad SMARTS) is 1. The maximum atomic E-state index is 12.7. The normalized spacial score (nSPS) is 14.6. The zero-order valence-corrected chi connectivity index (χ0v) is 21.5. The van der Waals surface area contributed by atoms with E-state index in [1.807, 2.05) is 34.9 Å². The standard InChI is InChI=1S/C29H33NO6/c1-29(2,3)27-14-19-13-26(36-12-6-11-34-4)22(18-7-9-20(35-5)10-8-18)15-21(19)24-16-25(31)23(28(32)33)17-30(24)27/h7-10,13,15-17,27H,6,11-12,14H2,1-5H3,(H,32,33). The molecule has 3 aromatic rings. The highest BCUT2D eigenvalue weighted by molar-refractivity contribution is 5.88. The predicted octanol–water partition coefficient (Wildman–Crippen LogP) is 5.45. The zero-order chi connectivity index (χ0) is 26.0.